The molecule has 0 saturated heterocycles. The summed E-state index contributed by atoms with van der Waals surface area (Å²) in [6.07, 6.45) is 4.64. The van der Waals surface area contributed by atoms with E-state index >= 15 is 0 Å². The van der Waals surface area contributed by atoms with Crippen LogP contribution in [0.4, 0.5) is 0 Å². The van der Waals surface area contributed by atoms with Crippen LogP contribution in [0.1, 0.15) is 22.3 Å². The molecule has 8 nitrogen and oxygen atoms in total. The van der Waals surface area contributed by atoms with Gasteiger partial charge in [-0.25, -0.2) is 0 Å². The Labute approximate surface area is 213 Å². The fourth-order valence-electron chi connectivity index (χ4n) is 4.33. The van der Waals surface area contributed by atoms with Crippen LogP contribution in [0.25, 0.3) is 11.1 Å². The predicted octanol–water partition coefficient (Wildman–Crippen LogP) is 1.79. The van der Waals surface area contributed by atoms with Crippen molar-refractivity contribution in [1.29, 1.82) is 0 Å². The number of nitrogens with zero attached hydrogens (tertiary/aromatic N) is 2. The van der Waals surface area contributed by atoms with Gasteiger partial charge in [0.05, 0.1) is 26.4 Å². The van der Waals surface area contributed by atoms with E-state index < -0.39 is 0 Å². The second kappa shape index (κ2) is 15.4. The third kappa shape index (κ3) is 8.16. The summed E-state index contributed by atoms with van der Waals surface area (Å²) in [6.45, 7) is 9.33. The van der Waals surface area contributed by atoms with Gasteiger partial charge in [-0.1, -0.05) is 24.3 Å². The molecule has 0 unspecified atom stereocenters. The van der Waals surface area contributed by atoms with E-state index in [1.807, 2.05) is 34.1 Å². The monoisotopic (exact) mass is 500 g/mol. The lowest BCUT2D eigenvalue weighted by Crippen LogP contribution is -2.29. The Bertz CT molecular complexity index is 903. The van der Waals surface area contributed by atoms with E-state index in [0.29, 0.717) is 74.4 Å². The van der Waals surface area contributed by atoms with Crippen LogP contribution in [0.15, 0.2) is 49.6 Å². The molecule has 0 bridgehead atoms. The zero-order valence-corrected chi connectivity index (χ0v) is 20.9. The standard InChI is InChI=1S/C28H40N2O6/c1-3-5-21-15-23(19-29(7-11-31)8-12-32)27(35)25(17-21)26-18-22(6-4-2)16-24(28(26)36)20-30(9-13-33)10-14-34/h3-4,15-18,31-36H,1-2,5-14,19-20H2. The van der Waals surface area contributed by atoms with E-state index in [9.17, 15) is 30.6 Å². The lowest BCUT2D eigenvalue weighted by molar-refractivity contribution is 0.154. The molecular formula is C28H40N2O6. The van der Waals surface area contributed by atoms with E-state index in [-0.39, 0.29) is 37.9 Å². The molecule has 198 valence electrons. The number of aliphatic hydroxyl groups excluding tert-OH is 4. The van der Waals surface area contributed by atoms with Gasteiger partial charge in [-0.15, -0.1) is 13.2 Å². The van der Waals surface area contributed by atoms with E-state index in [1.54, 1.807) is 12.2 Å². The first-order valence-electron chi connectivity index (χ1n) is 12.2. The van der Waals surface area contributed by atoms with Gasteiger partial charge in [-0.3, -0.25) is 9.80 Å². The number of aliphatic hydroxyl groups is 4. The van der Waals surface area contributed by atoms with Gasteiger partial charge in [-0.05, 0) is 36.1 Å². The molecule has 0 aliphatic rings. The largest absolute Gasteiger partial charge is 0.507 e. The summed E-state index contributed by atoms with van der Waals surface area (Å²) in [5.74, 6) is 0.0338. The van der Waals surface area contributed by atoms with E-state index in [0.717, 1.165) is 11.1 Å². The lowest BCUT2D eigenvalue weighted by Gasteiger charge is -2.24. The predicted molar refractivity (Wildman–Crippen MR) is 142 cm³/mol. The average Bonchev–Trinajstić information content (AvgIpc) is 2.84. The molecule has 0 amide bonds. The molecule has 36 heavy (non-hydrogen) atoms. The first kappa shape index (κ1) is 29.5. The molecule has 6 N–H and O–H groups in total. The van der Waals surface area contributed by atoms with Crippen molar-refractivity contribution < 1.29 is 30.6 Å². The highest BCUT2D eigenvalue weighted by Gasteiger charge is 2.20. The molecule has 8 heteroatoms. The number of aromatic hydroxyl groups is 2. The molecule has 0 aliphatic heterocycles. The first-order valence-corrected chi connectivity index (χ1v) is 12.2. The van der Waals surface area contributed by atoms with Crippen LogP contribution in [0.2, 0.25) is 0 Å². The van der Waals surface area contributed by atoms with Crippen molar-refractivity contribution in [2.24, 2.45) is 0 Å². The molecule has 0 heterocycles. The first-order chi connectivity index (χ1) is 17.4. The Balaban J connectivity index is 2.66. The number of hydrogen-bond donors (Lipinski definition) is 6. The van der Waals surface area contributed by atoms with Crippen LogP contribution >= 0.6 is 0 Å². The van der Waals surface area contributed by atoms with Crippen molar-refractivity contribution in [1.82, 2.24) is 9.80 Å². The van der Waals surface area contributed by atoms with Crippen molar-refractivity contribution >= 4 is 0 Å². The Hall–Kier alpha value is -2.72. The molecule has 0 fully saturated rings. The minimum absolute atomic E-state index is 0.0169. The van der Waals surface area contributed by atoms with Crippen LogP contribution in [0.3, 0.4) is 0 Å². The number of benzene rings is 2. The minimum atomic E-state index is -0.0775. The van der Waals surface area contributed by atoms with Crippen molar-refractivity contribution in [3.05, 3.63) is 71.8 Å². The second-order valence-electron chi connectivity index (χ2n) is 8.73. The second-order valence-corrected chi connectivity index (χ2v) is 8.73. The number of rotatable bonds is 17. The fraction of sp³-hybridized carbons (Fsp3) is 0.429. The third-order valence-electron chi connectivity index (χ3n) is 6.00. The average molecular weight is 501 g/mol. The molecule has 0 aromatic heterocycles. The molecule has 0 spiro atoms. The maximum atomic E-state index is 11.3. The molecule has 0 saturated carbocycles. The Morgan fingerprint density at radius 2 is 0.917 bits per heavy atom. The zero-order valence-electron chi connectivity index (χ0n) is 20.9. The summed E-state index contributed by atoms with van der Waals surface area (Å²) < 4.78 is 0. The molecule has 0 atom stereocenters. The van der Waals surface area contributed by atoms with Crippen LogP contribution in [-0.2, 0) is 25.9 Å². The van der Waals surface area contributed by atoms with E-state index in [2.05, 4.69) is 13.2 Å². The van der Waals surface area contributed by atoms with Crippen LogP contribution in [0.5, 0.6) is 11.5 Å². The number of allylic oxidation sites excluding steroid dienone is 2. The van der Waals surface area contributed by atoms with Gasteiger partial charge < -0.3 is 30.6 Å². The van der Waals surface area contributed by atoms with Crippen molar-refractivity contribution in [2.45, 2.75) is 25.9 Å². The summed E-state index contributed by atoms with van der Waals surface area (Å²) in [5.41, 5.74) is 3.97. The smallest absolute Gasteiger partial charge is 0.128 e. The van der Waals surface area contributed by atoms with Crippen LogP contribution in [-0.4, -0.2) is 93.0 Å². The Kier molecular flexibility index (Phi) is 12.6. The number of phenols is 2. The summed E-state index contributed by atoms with van der Waals surface area (Å²) >= 11 is 0. The van der Waals surface area contributed by atoms with Crippen molar-refractivity contribution in [3.63, 3.8) is 0 Å². The van der Waals surface area contributed by atoms with E-state index in [4.69, 9.17) is 0 Å². The van der Waals surface area contributed by atoms with Gasteiger partial charge >= 0.3 is 0 Å². The molecule has 2 aromatic rings. The van der Waals surface area contributed by atoms with Gasteiger partial charge in [0.15, 0.2) is 0 Å². The van der Waals surface area contributed by atoms with E-state index in [1.165, 1.54) is 0 Å². The quantitative estimate of drug-likeness (QED) is 0.182. The topological polar surface area (TPSA) is 128 Å². The maximum absolute atomic E-state index is 11.3. The SMILES string of the molecule is C=CCc1cc(CN(CCO)CCO)c(O)c(-c2cc(CC=C)cc(CN(CCO)CCO)c2O)c1. The fourth-order valence-corrected chi connectivity index (χ4v) is 4.33. The molecule has 2 aromatic carbocycles. The van der Waals surface area contributed by atoms with Gasteiger partial charge in [0.2, 0.25) is 0 Å². The molecule has 2 rings (SSSR count). The van der Waals surface area contributed by atoms with Crippen LogP contribution < -0.4 is 0 Å². The van der Waals surface area contributed by atoms with Crippen LogP contribution in [0, 0.1) is 0 Å². The highest BCUT2D eigenvalue weighted by Crippen LogP contribution is 2.41. The highest BCUT2D eigenvalue weighted by atomic mass is 16.3. The maximum Gasteiger partial charge on any atom is 0.128 e. The van der Waals surface area contributed by atoms with Gasteiger partial charge in [0.25, 0.3) is 0 Å². The summed E-state index contributed by atoms with van der Waals surface area (Å²) in [5, 5.41) is 60.3. The minimum Gasteiger partial charge on any atom is -0.507 e. The summed E-state index contributed by atoms with van der Waals surface area (Å²) in [6, 6.07) is 7.41. The number of hydrogen-bond acceptors (Lipinski definition) is 8. The summed E-state index contributed by atoms with van der Waals surface area (Å²) in [7, 11) is 0. The summed E-state index contributed by atoms with van der Waals surface area (Å²) in [4.78, 5) is 3.69. The third-order valence-corrected chi connectivity index (χ3v) is 6.00. The lowest BCUT2D eigenvalue weighted by atomic mass is 9.92. The van der Waals surface area contributed by atoms with Crippen molar-refractivity contribution in [2.75, 3.05) is 52.6 Å². The van der Waals surface area contributed by atoms with Gasteiger partial charge in [0, 0.05) is 61.5 Å². The molecule has 0 radical (unpaired) electrons. The van der Waals surface area contributed by atoms with Crippen molar-refractivity contribution in [3.8, 4) is 22.6 Å². The van der Waals surface area contributed by atoms with Gasteiger partial charge in [-0.2, -0.15) is 0 Å². The highest BCUT2D eigenvalue weighted by molar-refractivity contribution is 5.79. The normalized spacial score (nSPS) is 11.4. The Morgan fingerprint density at radius 1 is 0.583 bits per heavy atom. The van der Waals surface area contributed by atoms with Gasteiger partial charge in [0.1, 0.15) is 11.5 Å². The number of phenolic OH excluding ortho intramolecular Hbond substituents is 2. The molecule has 0 aliphatic carbocycles. The molecular weight excluding hydrogens is 460 g/mol. The Morgan fingerprint density at radius 3 is 1.19 bits per heavy atom. The zero-order chi connectivity index (χ0) is 26.5.